The lowest BCUT2D eigenvalue weighted by atomic mass is 10.1. The van der Waals surface area contributed by atoms with Crippen LogP contribution in [0.2, 0.25) is 0 Å². The maximum absolute atomic E-state index is 12.6. The van der Waals surface area contributed by atoms with Gasteiger partial charge in [0.05, 0.1) is 24.1 Å². The molecule has 2 aromatic carbocycles. The molecule has 0 bridgehead atoms. The zero-order valence-corrected chi connectivity index (χ0v) is 18.8. The van der Waals surface area contributed by atoms with Crippen LogP contribution in [0.1, 0.15) is 29.4 Å². The standard InChI is InChI=1S/C21H23N3O5S2/c1-3-10-31(26,27)24-17-7-5-16(6-8-17)23-21(25)15-4-9-19(20(11-15)28-2)29-12-18-13-30-14-22-18/h4-9,11,13-14,24H,3,10,12H2,1-2H3,(H,23,25). The first kappa shape index (κ1) is 22.6. The largest absolute Gasteiger partial charge is 0.493 e. The van der Waals surface area contributed by atoms with Crippen LogP contribution in [0, 0.1) is 0 Å². The van der Waals surface area contributed by atoms with E-state index in [1.807, 2.05) is 5.38 Å². The molecule has 2 N–H and O–H groups in total. The van der Waals surface area contributed by atoms with E-state index in [0.29, 0.717) is 41.5 Å². The van der Waals surface area contributed by atoms with Crippen LogP contribution in [0.3, 0.4) is 0 Å². The SMILES string of the molecule is CCCS(=O)(=O)Nc1ccc(NC(=O)c2ccc(OCc3cscn3)c(OC)c2)cc1. The van der Waals surface area contributed by atoms with Crippen LogP contribution in [-0.4, -0.2) is 32.2 Å². The molecule has 0 fully saturated rings. The Bertz CT molecular complexity index is 1110. The molecule has 1 heterocycles. The van der Waals surface area contributed by atoms with Crippen LogP contribution in [0.4, 0.5) is 11.4 Å². The summed E-state index contributed by atoms with van der Waals surface area (Å²) < 4.78 is 37.3. The first-order valence-corrected chi connectivity index (χ1v) is 12.1. The van der Waals surface area contributed by atoms with Gasteiger partial charge in [0.2, 0.25) is 10.0 Å². The van der Waals surface area contributed by atoms with Gasteiger partial charge >= 0.3 is 0 Å². The second kappa shape index (κ2) is 10.3. The maximum atomic E-state index is 12.6. The van der Waals surface area contributed by atoms with E-state index >= 15 is 0 Å². The van der Waals surface area contributed by atoms with E-state index in [1.54, 1.807) is 54.9 Å². The second-order valence-corrected chi connectivity index (χ2v) is 9.15. The number of hydrogen-bond donors (Lipinski definition) is 2. The van der Waals surface area contributed by atoms with Gasteiger partial charge in [-0.2, -0.15) is 0 Å². The van der Waals surface area contributed by atoms with Crippen molar-refractivity contribution in [3.8, 4) is 11.5 Å². The smallest absolute Gasteiger partial charge is 0.255 e. The van der Waals surface area contributed by atoms with E-state index in [0.717, 1.165) is 5.69 Å². The molecule has 164 valence electrons. The van der Waals surface area contributed by atoms with Gasteiger partial charge in [0.15, 0.2) is 11.5 Å². The number of amides is 1. The summed E-state index contributed by atoms with van der Waals surface area (Å²) in [5.74, 6) is 0.666. The van der Waals surface area contributed by atoms with Crippen LogP contribution in [0.25, 0.3) is 0 Å². The van der Waals surface area contributed by atoms with Gasteiger partial charge < -0.3 is 14.8 Å². The number of carbonyl (C=O) groups excluding carboxylic acids is 1. The molecule has 0 atom stereocenters. The number of sulfonamides is 1. The topological polar surface area (TPSA) is 107 Å². The Labute approximate surface area is 185 Å². The van der Waals surface area contributed by atoms with Gasteiger partial charge in [0, 0.05) is 22.3 Å². The first-order valence-electron chi connectivity index (χ1n) is 9.50. The van der Waals surface area contributed by atoms with E-state index in [-0.39, 0.29) is 11.7 Å². The van der Waals surface area contributed by atoms with E-state index < -0.39 is 10.0 Å². The molecule has 3 aromatic rings. The highest BCUT2D eigenvalue weighted by atomic mass is 32.2. The Balaban J connectivity index is 1.64. The fourth-order valence-corrected chi connectivity index (χ4v) is 4.39. The molecule has 0 aliphatic rings. The number of rotatable bonds is 10. The van der Waals surface area contributed by atoms with Crippen molar-refractivity contribution in [3.05, 3.63) is 64.6 Å². The lowest BCUT2D eigenvalue weighted by Crippen LogP contribution is -2.16. The highest BCUT2D eigenvalue weighted by Gasteiger charge is 2.13. The number of hydrogen-bond acceptors (Lipinski definition) is 7. The molecule has 0 saturated heterocycles. The predicted octanol–water partition coefficient (Wildman–Crippen LogP) is 4.13. The van der Waals surface area contributed by atoms with E-state index in [9.17, 15) is 13.2 Å². The van der Waals surface area contributed by atoms with Crippen LogP contribution >= 0.6 is 11.3 Å². The third kappa shape index (κ3) is 6.43. The van der Waals surface area contributed by atoms with Crippen molar-refractivity contribution in [1.82, 2.24) is 4.98 Å². The van der Waals surface area contributed by atoms with Crippen LogP contribution in [0.5, 0.6) is 11.5 Å². The molecule has 3 rings (SSSR count). The van der Waals surface area contributed by atoms with Gasteiger partial charge in [-0.1, -0.05) is 6.92 Å². The highest BCUT2D eigenvalue weighted by molar-refractivity contribution is 7.92. The van der Waals surface area contributed by atoms with Crippen LogP contribution in [0.15, 0.2) is 53.4 Å². The van der Waals surface area contributed by atoms with Gasteiger partial charge in [-0.15, -0.1) is 11.3 Å². The number of anilines is 2. The molecule has 0 aliphatic carbocycles. The summed E-state index contributed by atoms with van der Waals surface area (Å²) >= 11 is 1.49. The number of methoxy groups -OCH3 is 1. The predicted molar refractivity (Wildman–Crippen MR) is 122 cm³/mol. The Morgan fingerprint density at radius 2 is 1.84 bits per heavy atom. The van der Waals surface area contributed by atoms with E-state index in [1.165, 1.54) is 18.4 Å². The quantitative estimate of drug-likeness (QED) is 0.470. The average Bonchev–Trinajstić information content (AvgIpc) is 3.27. The van der Waals surface area contributed by atoms with Crippen molar-refractivity contribution in [2.75, 3.05) is 22.9 Å². The molecule has 0 unspecified atom stereocenters. The average molecular weight is 462 g/mol. The highest BCUT2D eigenvalue weighted by Crippen LogP contribution is 2.29. The fraction of sp³-hybridized carbons (Fsp3) is 0.238. The van der Waals surface area contributed by atoms with Gasteiger partial charge in [-0.25, -0.2) is 13.4 Å². The molecular formula is C21H23N3O5S2. The molecule has 0 spiro atoms. The van der Waals surface area contributed by atoms with Crippen molar-refractivity contribution < 1.29 is 22.7 Å². The number of nitrogens with one attached hydrogen (secondary N) is 2. The summed E-state index contributed by atoms with van der Waals surface area (Å²) in [5, 5.41) is 4.67. The minimum Gasteiger partial charge on any atom is -0.493 e. The summed E-state index contributed by atoms with van der Waals surface area (Å²) in [6, 6.07) is 11.4. The van der Waals surface area contributed by atoms with Gasteiger partial charge in [-0.3, -0.25) is 9.52 Å². The number of thiazole rings is 1. The number of carbonyl (C=O) groups is 1. The summed E-state index contributed by atoms with van der Waals surface area (Å²) in [6.45, 7) is 2.10. The summed E-state index contributed by atoms with van der Waals surface area (Å²) in [6.07, 6.45) is 0.529. The summed E-state index contributed by atoms with van der Waals surface area (Å²) in [7, 11) is -1.86. The Morgan fingerprint density at radius 1 is 1.10 bits per heavy atom. The number of nitrogens with zero attached hydrogens (tertiary/aromatic N) is 1. The first-order chi connectivity index (χ1) is 14.9. The van der Waals surface area contributed by atoms with E-state index in [4.69, 9.17) is 9.47 Å². The zero-order chi connectivity index (χ0) is 22.3. The Morgan fingerprint density at radius 3 is 2.48 bits per heavy atom. The van der Waals surface area contributed by atoms with Crippen molar-refractivity contribution in [1.29, 1.82) is 0 Å². The number of aromatic nitrogens is 1. The molecule has 0 radical (unpaired) electrons. The van der Waals surface area contributed by atoms with Crippen molar-refractivity contribution >= 4 is 38.6 Å². The monoisotopic (exact) mass is 461 g/mol. The lowest BCUT2D eigenvalue weighted by Gasteiger charge is -2.12. The maximum Gasteiger partial charge on any atom is 0.255 e. The van der Waals surface area contributed by atoms with Crippen molar-refractivity contribution in [2.24, 2.45) is 0 Å². The molecule has 8 nitrogen and oxygen atoms in total. The summed E-state index contributed by atoms with van der Waals surface area (Å²) in [5.41, 5.74) is 3.91. The lowest BCUT2D eigenvalue weighted by molar-refractivity contribution is 0.102. The molecule has 0 aliphatic heterocycles. The summed E-state index contributed by atoms with van der Waals surface area (Å²) in [4.78, 5) is 16.8. The minimum atomic E-state index is -3.36. The van der Waals surface area contributed by atoms with E-state index in [2.05, 4.69) is 15.0 Å². The Hall–Kier alpha value is -3.11. The third-order valence-electron chi connectivity index (χ3n) is 4.17. The molecule has 1 aromatic heterocycles. The molecule has 1 amide bonds. The minimum absolute atomic E-state index is 0.0524. The molecule has 0 saturated carbocycles. The van der Waals surface area contributed by atoms with Gasteiger partial charge in [0.1, 0.15) is 6.61 Å². The molecule has 10 heteroatoms. The van der Waals surface area contributed by atoms with Crippen LogP contribution < -0.4 is 19.5 Å². The van der Waals surface area contributed by atoms with Gasteiger partial charge in [-0.05, 0) is 48.9 Å². The van der Waals surface area contributed by atoms with Crippen LogP contribution in [-0.2, 0) is 16.6 Å². The Kier molecular flexibility index (Phi) is 7.48. The van der Waals surface area contributed by atoms with Crippen molar-refractivity contribution in [2.45, 2.75) is 20.0 Å². The second-order valence-electron chi connectivity index (χ2n) is 6.59. The number of ether oxygens (including phenoxy) is 2. The van der Waals surface area contributed by atoms with Crippen molar-refractivity contribution in [3.63, 3.8) is 0 Å². The number of benzene rings is 2. The molecular weight excluding hydrogens is 438 g/mol. The fourth-order valence-electron chi connectivity index (χ4n) is 2.71. The zero-order valence-electron chi connectivity index (χ0n) is 17.1. The molecule has 31 heavy (non-hydrogen) atoms. The third-order valence-corrected chi connectivity index (χ3v) is 6.30. The normalized spacial score (nSPS) is 11.0. The van der Waals surface area contributed by atoms with Gasteiger partial charge in [0.25, 0.3) is 5.91 Å².